The highest BCUT2D eigenvalue weighted by Crippen LogP contribution is 2.22. The first-order valence-electron chi connectivity index (χ1n) is 8.34. The Morgan fingerprint density at radius 3 is 2.48 bits per heavy atom. The third-order valence-corrected chi connectivity index (χ3v) is 5.68. The molecule has 0 radical (unpaired) electrons. The number of sulfonamides is 1. The van der Waals surface area contributed by atoms with Crippen LogP contribution in [0.5, 0.6) is 0 Å². The highest BCUT2D eigenvalue weighted by Gasteiger charge is 2.31. The van der Waals surface area contributed by atoms with Gasteiger partial charge in [0.1, 0.15) is 0 Å². The molecule has 0 amide bonds. The molecule has 1 fully saturated rings. The van der Waals surface area contributed by atoms with E-state index in [4.69, 9.17) is 9.47 Å². The first kappa shape index (κ1) is 18.9. The standard InChI is InChI=1S/C19H19NO6S/c1-12-3-7-15(8-4-12)20-27(23,24)17-11-14(6-5-13(17)2)18(21)26-16-9-10-25-19(16)22/h3-8,11,16,20H,9-10H2,1-2H3. The number of cyclic esters (lactones) is 1. The van der Waals surface area contributed by atoms with Crippen LogP contribution >= 0.6 is 0 Å². The van der Waals surface area contributed by atoms with Gasteiger partial charge in [-0.1, -0.05) is 23.8 Å². The molecule has 0 aliphatic carbocycles. The van der Waals surface area contributed by atoms with Gasteiger partial charge >= 0.3 is 11.9 Å². The SMILES string of the molecule is Cc1ccc(NS(=O)(=O)c2cc(C(=O)OC3CCOC3=O)ccc2C)cc1. The summed E-state index contributed by atoms with van der Waals surface area (Å²) in [4.78, 5) is 23.7. The molecule has 0 spiro atoms. The van der Waals surface area contributed by atoms with Crippen LogP contribution in [0.2, 0.25) is 0 Å². The summed E-state index contributed by atoms with van der Waals surface area (Å²) in [7, 11) is -3.90. The Labute approximate surface area is 157 Å². The van der Waals surface area contributed by atoms with Crippen molar-refractivity contribution in [3.63, 3.8) is 0 Å². The number of hydrogen-bond donors (Lipinski definition) is 1. The van der Waals surface area contributed by atoms with Gasteiger partial charge in [-0.15, -0.1) is 0 Å². The van der Waals surface area contributed by atoms with Crippen LogP contribution in [0.15, 0.2) is 47.4 Å². The van der Waals surface area contributed by atoms with Crippen LogP contribution in [0.25, 0.3) is 0 Å². The molecule has 0 aromatic heterocycles. The molecular weight excluding hydrogens is 370 g/mol. The van der Waals surface area contributed by atoms with Gasteiger partial charge in [-0.25, -0.2) is 18.0 Å². The summed E-state index contributed by atoms with van der Waals surface area (Å²) in [6.45, 7) is 3.73. The number of esters is 2. The molecular formula is C19H19NO6S. The van der Waals surface area contributed by atoms with E-state index < -0.39 is 28.1 Å². The maximum atomic E-state index is 12.7. The summed E-state index contributed by atoms with van der Waals surface area (Å²) < 4.78 is 37.8. The van der Waals surface area contributed by atoms with Gasteiger partial charge in [0.15, 0.2) is 0 Å². The van der Waals surface area contributed by atoms with Crippen molar-refractivity contribution in [1.82, 2.24) is 0 Å². The molecule has 1 N–H and O–H groups in total. The Morgan fingerprint density at radius 1 is 1.15 bits per heavy atom. The fraction of sp³-hybridized carbons (Fsp3) is 0.263. The molecule has 3 rings (SSSR count). The molecule has 27 heavy (non-hydrogen) atoms. The van der Waals surface area contributed by atoms with E-state index >= 15 is 0 Å². The summed E-state index contributed by atoms with van der Waals surface area (Å²) in [5.41, 5.74) is 1.95. The Kier molecular flexibility index (Phi) is 5.18. The number of nitrogens with one attached hydrogen (secondary N) is 1. The van der Waals surface area contributed by atoms with E-state index in [-0.39, 0.29) is 23.5 Å². The van der Waals surface area contributed by atoms with E-state index in [2.05, 4.69) is 4.72 Å². The zero-order valence-corrected chi connectivity index (χ0v) is 15.7. The second-order valence-electron chi connectivity index (χ2n) is 6.30. The molecule has 2 aromatic rings. The molecule has 0 saturated carbocycles. The topological polar surface area (TPSA) is 98.8 Å². The van der Waals surface area contributed by atoms with Gasteiger partial charge in [0, 0.05) is 12.1 Å². The predicted molar refractivity (Wildman–Crippen MR) is 97.9 cm³/mol. The first-order chi connectivity index (χ1) is 12.8. The lowest BCUT2D eigenvalue weighted by molar-refractivity contribution is -0.145. The highest BCUT2D eigenvalue weighted by atomic mass is 32.2. The minimum atomic E-state index is -3.90. The summed E-state index contributed by atoms with van der Waals surface area (Å²) in [5.74, 6) is -1.37. The van der Waals surface area contributed by atoms with Crippen LogP contribution in [0.1, 0.15) is 27.9 Å². The van der Waals surface area contributed by atoms with Gasteiger partial charge in [0.2, 0.25) is 6.10 Å². The normalized spacial score (nSPS) is 16.7. The molecule has 2 aromatic carbocycles. The molecule has 1 saturated heterocycles. The Morgan fingerprint density at radius 2 is 1.85 bits per heavy atom. The summed E-state index contributed by atoms with van der Waals surface area (Å²) in [6.07, 6.45) is -0.666. The van der Waals surface area contributed by atoms with Crippen LogP contribution in [-0.4, -0.2) is 33.1 Å². The van der Waals surface area contributed by atoms with Gasteiger partial charge < -0.3 is 9.47 Å². The number of carbonyl (C=O) groups is 2. The maximum Gasteiger partial charge on any atom is 0.347 e. The van der Waals surface area contributed by atoms with Crippen molar-refractivity contribution in [3.8, 4) is 0 Å². The molecule has 1 heterocycles. The lowest BCUT2D eigenvalue weighted by Gasteiger charge is -2.13. The Hall–Kier alpha value is -2.87. The average molecular weight is 389 g/mol. The number of rotatable bonds is 5. The van der Waals surface area contributed by atoms with E-state index in [1.807, 2.05) is 6.92 Å². The Balaban J connectivity index is 1.84. The molecule has 7 nitrogen and oxygen atoms in total. The largest absolute Gasteiger partial charge is 0.463 e. The number of aryl methyl sites for hydroxylation is 2. The number of ether oxygens (including phenoxy) is 2. The van der Waals surface area contributed by atoms with E-state index in [0.717, 1.165) is 5.56 Å². The fourth-order valence-corrected chi connectivity index (χ4v) is 3.96. The molecule has 1 unspecified atom stereocenters. The van der Waals surface area contributed by atoms with Crippen LogP contribution in [0.3, 0.4) is 0 Å². The molecule has 1 aliphatic rings. The van der Waals surface area contributed by atoms with E-state index in [1.165, 1.54) is 18.2 Å². The van der Waals surface area contributed by atoms with Gasteiger partial charge in [0.05, 0.1) is 17.1 Å². The van der Waals surface area contributed by atoms with Crippen LogP contribution in [0.4, 0.5) is 5.69 Å². The van der Waals surface area contributed by atoms with Crippen molar-refractivity contribution >= 4 is 27.6 Å². The van der Waals surface area contributed by atoms with E-state index in [1.54, 1.807) is 31.2 Å². The minimum absolute atomic E-state index is 0.0356. The lowest BCUT2D eigenvalue weighted by Crippen LogP contribution is -2.23. The minimum Gasteiger partial charge on any atom is -0.463 e. The van der Waals surface area contributed by atoms with Crippen molar-refractivity contribution in [2.75, 3.05) is 11.3 Å². The summed E-state index contributed by atoms with van der Waals surface area (Å²) in [5, 5.41) is 0. The van der Waals surface area contributed by atoms with Crippen molar-refractivity contribution in [2.45, 2.75) is 31.3 Å². The van der Waals surface area contributed by atoms with E-state index in [0.29, 0.717) is 11.3 Å². The van der Waals surface area contributed by atoms with Gasteiger partial charge in [-0.2, -0.15) is 0 Å². The predicted octanol–water partition coefficient (Wildman–Crippen LogP) is 2.58. The summed E-state index contributed by atoms with van der Waals surface area (Å²) >= 11 is 0. The highest BCUT2D eigenvalue weighted by molar-refractivity contribution is 7.92. The average Bonchev–Trinajstić information content (AvgIpc) is 3.01. The molecule has 1 atom stereocenters. The third-order valence-electron chi connectivity index (χ3n) is 4.15. The van der Waals surface area contributed by atoms with Crippen molar-refractivity contribution in [1.29, 1.82) is 0 Å². The molecule has 8 heteroatoms. The monoisotopic (exact) mass is 389 g/mol. The zero-order valence-electron chi connectivity index (χ0n) is 14.9. The molecule has 1 aliphatic heterocycles. The fourth-order valence-electron chi connectivity index (χ4n) is 2.63. The third kappa shape index (κ3) is 4.28. The number of carbonyl (C=O) groups excluding carboxylic acids is 2. The zero-order chi connectivity index (χ0) is 19.6. The maximum absolute atomic E-state index is 12.7. The lowest BCUT2D eigenvalue weighted by atomic mass is 10.1. The molecule has 142 valence electrons. The second-order valence-corrected chi connectivity index (χ2v) is 7.95. The van der Waals surface area contributed by atoms with Gasteiger partial charge in [-0.3, -0.25) is 4.72 Å². The van der Waals surface area contributed by atoms with Crippen molar-refractivity contribution in [2.24, 2.45) is 0 Å². The number of anilines is 1. The summed E-state index contributed by atoms with van der Waals surface area (Å²) in [6, 6.07) is 11.1. The van der Waals surface area contributed by atoms with Crippen LogP contribution in [0, 0.1) is 13.8 Å². The van der Waals surface area contributed by atoms with Crippen molar-refractivity contribution < 1.29 is 27.5 Å². The van der Waals surface area contributed by atoms with Gasteiger partial charge in [0.25, 0.3) is 10.0 Å². The van der Waals surface area contributed by atoms with E-state index in [9.17, 15) is 18.0 Å². The number of benzene rings is 2. The second kappa shape index (κ2) is 7.40. The van der Waals surface area contributed by atoms with Crippen LogP contribution < -0.4 is 4.72 Å². The van der Waals surface area contributed by atoms with Gasteiger partial charge in [-0.05, 0) is 43.7 Å². The quantitative estimate of drug-likeness (QED) is 0.789. The first-order valence-corrected chi connectivity index (χ1v) is 9.82. The smallest absolute Gasteiger partial charge is 0.347 e. The number of hydrogen-bond acceptors (Lipinski definition) is 6. The Bertz CT molecular complexity index is 982. The molecule has 0 bridgehead atoms. The van der Waals surface area contributed by atoms with Crippen molar-refractivity contribution in [3.05, 3.63) is 59.2 Å². The van der Waals surface area contributed by atoms with Crippen LogP contribution in [-0.2, 0) is 24.3 Å².